The molecule has 0 aliphatic heterocycles. The van der Waals surface area contributed by atoms with Gasteiger partial charge in [-0.2, -0.15) is 0 Å². The summed E-state index contributed by atoms with van der Waals surface area (Å²) in [7, 11) is 0. The molecule has 38 heavy (non-hydrogen) atoms. The number of hydrogen-bond donors (Lipinski definition) is 3. The topological polar surface area (TPSA) is 135 Å². The van der Waals surface area contributed by atoms with Crippen molar-refractivity contribution in [1.82, 2.24) is 25.6 Å². The summed E-state index contributed by atoms with van der Waals surface area (Å²) in [5.41, 5.74) is -0.0799. The van der Waals surface area contributed by atoms with Crippen LogP contribution in [0.3, 0.4) is 0 Å². The highest BCUT2D eigenvalue weighted by molar-refractivity contribution is 5.94. The van der Waals surface area contributed by atoms with Gasteiger partial charge in [0.1, 0.15) is 11.6 Å². The highest BCUT2D eigenvalue weighted by Gasteiger charge is 2.22. The predicted octanol–water partition coefficient (Wildman–Crippen LogP) is 4.24. The number of aliphatic carboxylic acids is 1. The van der Waals surface area contributed by atoms with E-state index in [0.29, 0.717) is 18.7 Å². The number of alkyl carbamates (subject to hydrolysis) is 1. The van der Waals surface area contributed by atoms with Gasteiger partial charge in [-0.05, 0) is 64.2 Å². The third-order valence-corrected chi connectivity index (χ3v) is 5.56. The molecule has 10 nitrogen and oxygen atoms in total. The molecular weight excluding hydrogens is 500 g/mol. The quantitative estimate of drug-likeness (QED) is 0.289. The first kappa shape index (κ1) is 30.7. The number of ether oxygens (including phenoxy) is 1. The molecular formula is C26H37F2N5O5. The van der Waals surface area contributed by atoms with Gasteiger partial charge >= 0.3 is 12.1 Å². The van der Waals surface area contributed by atoms with E-state index in [1.807, 2.05) is 20.8 Å². The van der Waals surface area contributed by atoms with E-state index < -0.39 is 41.2 Å². The Morgan fingerprint density at radius 2 is 1.74 bits per heavy atom. The number of benzene rings is 1. The number of nitrogens with zero attached hydrogens (tertiary/aromatic N) is 3. The molecule has 1 heterocycles. The van der Waals surface area contributed by atoms with Crippen molar-refractivity contribution in [2.24, 2.45) is 0 Å². The lowest BCUT2D eigenvalue weighted by Crippen LogP contribution is -2.41. The van der Waals surface area contributed by atoms with Gasteiger partial charge in [-0.3, -0.25) is 9.48 Å². The van der Waals surface area contributed by atoms with Crippen LogP contribution in [0.15, 0.2) is 24.4 Å². The van der Waals surface area contributed by atoms with Gasteiger partial charge in [0.15, 0.2) is 17.3 Å². The van der Waals surface area contributed by atoms with Crippen molar-refractivity contribution in [3.8, 4) is 0 Å². The first-order valence-corrected chi connectivity index (χ1v) is 12.8. The third-order valence-electron chi connectivity index (χ3n) is 5.56. The molecule has 0 spiro atoms. The van der Waals surface area contributed by atoms with Crippen molar-refractivity contribution in [1.29, 1.82) is 0 Å². The summed E-state index contributed by atoms with van der Waals surface area (Å²) >= 11 is 0. The Morgan fingerprint density at radius 3 is 2.39 bits per heavy atom. The summed E-state index contributed by atoms with van der Waals surface area (Å²) in [5.74, 6) is -3.91. The number of amides is 2. The third kappa shape index (κ3) is 11.7. The lowest BCUT2D eigenvalue weighted by atomic mass is 10.0. The van der Waals surface area contributed by atoms with E-state index in [-0.39, 0.29) is 18.5 Å². The molecule has 210 valence electrons. The number of aromatic nitrogens is 3. The highest BCUT2D eigenvalue weighted by Crippen LogP contribution is 2.12. The van der Waals surface area contributed by atoms with Crippen LogP contribution in [0, 0.1) is 11.6 Å². The van der Waals surface area contributed by atoms with E-state index in [0.717, 1.165) is 50.7 Å². The zero-order chi connectivity index (χ0) is 28.1. The molecule has 1 atom stereocenters. The Bertz CT molecular complexity index is 1070. The van der Waals surface area contributed by atoms with Crippen molar-refractivity contribution in [3.05, 3.63) is 47.3 Å². The summed E-state index contributed by atoms with van der Waals surface area (Å²) in [6.07, 6.45) is 6.92. The zero-order valence-electron chi connectivity index (χ0n) is 22.1. The maximum absolute atomic E-state index is 13.4. The molecule has 0 saturated carbocycles. The number of carboxylic acid groups (broad SMARTS) is 1. The van der Waals surface area contributed by atoms with Crippen LogP contribution in [0.25, 0.3) is 0 Å². The van der Waals surface area contributed by atoms with Gasteiger partial charge in [-0.1, -0.05) is 37.0 Å². The number of halogens is 2. The van der Waals surface area contributed by atoms with E-state index in [1.165, 1.54) is 16.9 Å². The molecule has 0 radical (unpaired) electrons. The standard InChI is InChI=1S/C26H37F2N5O5/c1-26(2,3)38-25(37)29-14-8-6-4-5-7-9-15-33-17-22(31-32-33)23(34)30-21(24(35)36)13-11-18-10-12-19(27)20(28)16-18/h10,12,16-17,21H,4-9,11,13-15H2,1-3H3,(H,29,37)(H,30,34)(H,35,36). The lowest BCUT2D eigenvalue weighted by molar-refractivity contribution is -0.139. The van der Waals surface area contributed by atoms with Gasteiger partial charge in [0.05, 0.1) is 6.20 Å². The number of aryl methyl sites for hydroxylation is 2. The normalized spacial score (nSPS) is 12.1. The molecule has 0 saturated heterocycles. The van der Waals surface area contributed by atoms with Gasteiger partial charge < -0.3 is 20.5 Å². The number of rotatable bonds is 15. The second-order valence-electron chi connectivity index (χ2n) is 10.1. The molecule has 0 bridgehead atoms. The molecule has 1 aromatic heterocycles. The first-order chi connectivity index (χ1) is 17.9. The van der Waals surface area contributed by atoms with Crippen LogP contribution in [0.2, 0.25) is 0 Å². The van der Waals surface area contributed by atoms with Crippen molar-refractivity contribution in [3.63, 3.8) is 0 Å². The molecule has 0 fully saturated rings. The number of carbonyl (C=O) groups excluding carboxylic acids is 2. The van der Waals surface area contributed by atoms with Gasteiger partial charge in [0.25, 0.3) is 5.91 Å². The van der Waals surface area contributed by atoms with Gasteiger partial charge in [0.2, 0.25) is 0 Å². The molecule has 0 aliphatic rings. The largest absolute Gasteiger partial charge is 0.480 e. The number of carbonyl (C=O) groups is 3. The zero-order valence-corrected chi connectivity index (χ0v) is 22.1. The second-order valence-corrected chi connectivity index (χ2v) is 10.1. The van der Waals surface area contributed by atoms with E-state index >= 15 is 0 Å². The Hall–Kier alpha value is -3.57. The van der Waals surface area contributed by atoms with Crippen molar-refractivity contribution < 1.29 is 33.0 Å². The number of unbranched alkanes of at least 4 members (excludes halogenated alkanes) is 5. The Balaban J connectivity index is 1.64. The van der Waals surface area contributed by atoms with Crippen LogP contribution in [0.4, 0.5) is 13.6 Å². The summed E-state index contributed by atoms with van der Waals surface area (Å²) < 4.78 is 33.1. The summed E-state index contributed by atoms with van der Waals surface area (Å²) in [4.78, 5) is 35.6. The predicted molar refractivity (Wildman–Crippen MR) is 136 cm³/mol. The molecule has 1 aromatic carbocycles. The van der Waals surface area contributed by atoms with E-state index in [2.05, 4.69) is 20.9 Å². The van der Waals surface area contributed by atoms with Crippen LogP contribution >= 0.6 is 0 Å². The van der Waals surface area contributed by atoms with Crippen molar-refractivity contribution in [2.45, 2.75) is 90.3 Å². The minimum Gasteiger partial charge on any atom is -0.480 e. The monoisotopic (exact) mass is 537 g/mol. The smallest absolute Gasteiger partial charge is 0.407 e. The Morgan fingerprint density at radius 1 is 1.05 bits per heavy atom. The summed E-state index contributed by atoms with van der Waals surface area (Å²) in [5, 5.41) is 22.3. The fourth-order valence-corrected chi connectivity index (χ4v) is 3.62. The average Bonchev–Trinajstić information content (AvgIpc) is 3.30. The number of carboxylic acids is 1. The molecule has 12 heteroatoms. The minimum atomic E-state index is -1.24. The van der Waals surface area contributed by atoms with Crippen LogP contribution < -0.4 is 10.6 Å². The summed E-state index contributed by atoms with van der Waals surface area (Å²) in [6.45, 7) is 6.61. The first-order valence-electron chi connectivity index (χ1n) is 12.8. The Kier molecular flexibility index (Phi) is 12.1. The lowest BCUT2D eigenvalue weighted by Gasteiger charge is -2.19. The van der Waals surface area contributed by atoms with Crippen LogP contribution in [-0.2, 0) is 22.5 Å². The maximum atomic E-state index is 13.4. The molecule has 2 amide bonds. The van der Waals surface area contributed by atoms with Crippen LogP contribution in [-0.4, -0.2) is 56.3 Å². The van der Waals surface area contributed by atoms with Crippen LogP contribution in [0.1, 0.15) is 81.8 Å². The second kappa shape index (κ2) is 15.0. The Labute approximate surface area is 221 Å². The highest BCUT2D eigenvalue weighted by atomic mass is 19.2. The summed E-state index contributed by atoms with van der Waals surface area (Å²) in [6, 6.07) is 2.13. The van der Waals surface area contributed by atoms with Gasteiger partial charge in [-0.25, -0.2) is 18.4 Å². The van der Waals surface area contributed by atoms with E-state index in [9.17, 15) is 28.3 Å². The fraction of sp³-hybridized carbons (Fsp3) is 0.577. The van der Waals surface area contributed by atoms with E-state index in [4.69, 9.17) is 4.74 Å². The molecule has 0 aliphatic carbocycles. The van der Waals surface area contributed by atoms with Crippen molar-refractivity contribution in [2.75, 3.05) is 6.54 Å². The number of nitrogens with one attached hydrogen (secondary N) is 2. The van der Waals surface area contributed by atoms with Gasteiger partial charge in [0, 0.05) is 13.1 Å². The number of hydrogen-bond acceptors (Lipinski definition) is 6. The fourth-order valence-electron chi connectivity index (χ4n) is 3.62. The van der Waals surface area contributed by atoms with Gasteiger partial charge in [-0.15, -0.1) is 5.10 Å². The molecule has 1 unspecified atom stereocenters. The molecule has 2 rings (SSSR count). The minimum absolute atomic E-state index is 0.00145. The average molecular weight is 538 g/mol. The SMILES string of the molecule is CC(C)(C)OC(=O)NCCCCCCCCn1cc(C(=O)NC(CCc2ccc(F)c(F)c2)C(=O)O)nn1. The van der Waals surface area contributed by atoms with E-state index in [1.54, 1.807) is 0 Å². The molecule has 3 N–H and O–H groups in total. The maximum Gasteiger partial charge on any atom is 0.407 e. The van der Waals surface area contributed by atoms with Crippen molar-refractivity contribution >= 4 is 18.0 Å². The molecule has 2 aromatic rings. The van der Waals surface area contributed by atoms with Crippen LogP contribution in [0.5, 0.6) is 0 Å².